The predicted octanol–water partition coefficient (Wildman–Crippen LogP) is 8.54. The van der Waals surface area contributed by atoms with E-state index in [-0.39, 0.29) is 5.24 Å². The van der Waals surface area contributed by atoms with Crippen LogP contribution in [-0.4, -0.2) is 20.9 Å². The highest BCUT2D eigenvalue weighted by Crippen LogP contribution is 2.32. The number of hydrogen-bond acceptors (Lipinski definition) is 4. The van der Waals surface area contributed by atoms with E-state index >= 15 is 0 Å². The van der Waals surface area contributed by atoms with Gasteiger partial charge in [0.25, 0.3) is 0 Å². The van der Waals surface area contributed by atoms with Crippen LogP contribution in [0.5, 0.6) is 0 Å². The van der Waals surface area contributed by atoms with E-state index in [1.807, 2.05) is 65.4 Å². The highest BCUT2D eigenvalue weighted by Gasteiger charge is 2.22. The van der Waals surface area contributed by atoms with Gasteiger partial charge in [-0.05, 0) is 78.7 Å². The van der Waals surface area contributed by atoms with Crippen LogP contribution in [-0.2, 0) is 0 Å². The molecule has 39 heavy (non-hydrogen) atoms. The number of aryl methyl sites for hydroxylation is 2. The summed E-state index contributed by atoms with van der Waals surface area (Å²) in [6, 6.07) is 36.9. The Morgan fingerprint density at radius 2 is 1.46 bits per heavy atom. The van der Waals surface area contributed by atoms with Gasteiger partial charge in [-0.3, -0.25) is 4.79 Å². The van der Waals surface area contributed by atoms with Crippen molar-refractivity contribution in [3.05, 3.63) is 131 Å². The Kier molecular flexibility index (Phi) is 6.69. The molecular weight excluding hydrogens is 500 g/mol. The molecule has 0 bridgehead atoms. The van der Waals surface area contributed by atoms with Crippen LogP contribution in [0, 0.1) is 13.8 Å². The summed E-state index contributed by atoms with van der Waals surface area (Å²) in [5.74, 6) is 0.572. The van der Waals surface area contributed by atoms with E-state index in [2.05, 4.69) is 78.8 Å². The second-order valence-electron chi connectivity index (χ2n) is 9.41. The summed E-state index contributed by atoms with van der Waals surface area (Å²) in [6.45, 7) is 4.15. The van der Waals surface area contributed by atoms with E-state index in [1.165, 1.54) is 11.1 Å². The van der Waals surface area contributed by atoms with Crippen LogP contribution in [0.2, 0.25) is 0 Å². The van der Waals surface area contributed by atoms with Crippen LogP contribution in [0.4, 0.5) is 10.5 Å². The fraction of sp³-hybridized carbons (Fsp3) is 0.0606. The second-order valence-corrected chi connectivity index (χ2v) is 10.4. The van der Waals surface area contributed by atoms with E-state index in [0.717, 1.165) is 56.1 Å². The van der Waals surface area contributed by atoms with Crippen LogP contribution in [0.3, 0.4) is 0 Å². The number of hydrogen-bond donors (Lipinski definition) is 1. The lowest BCUT2D eigenvalue weighted by Gasteiger charge is -2.10. The lowest BCUT2D eigenvalue weighted by molar-refractivity contribution is 0.268. The number of thioether (sulfide) groups is 1. The third-order valence-corrected chi connectivity index (χ3v) is 7.48. The second kappa shape index (κ2) is 10.6. The highest BCUT2D eigenvalue weighted by molar-refractivity contribution is 8.18. The Labute approximate surface area is 231 Å². The first-order valence-electron chi connectivity index (χ1n) is 12.7. The third-order valence-electron chi connectivity index (χ3n) is 6.69. The number of anilines is 1. The number of amidine groups is 1. The van der Waals surface area contributed by atoms with Gasteiger partial charge in [0, 0.05) is 16.8 Å². The zero-order valence-corrected chi connectivity index (χ0v) is 22.4. The molecule has 0 saturated heterocycles. The Hall–Kier alpha value is -4.68. The van der Waals surface area contributed by atoms with Crippen molar-refractivity contribution < 1.29 is 4.79 Å². The number of rotatable bonds is 5. The fourth-order valence-electron chi connectivity index (χ4n) is 4.46. The molecule has 5 aromatic rings. The SMILES string of the molecule is Cc1ccc(NC2=NC(=O)S/C2=C\c2ccc(-n3nc(-c4ccccc4)cc3-c3ccccc3)cc2)cc1C. The van der Waals surface area contributed by atoms with Crippen molar-refractivity contribution in [3.63, 3.8) is 0 Å². The molecule has 2 heterocycles. The molecule has 0 spiro atoms. The van der Waals surface area contributed by atoms with E-state index in [4.69, 9.17) is 5.10 Å². The first-order valence-corrected chi connectivity index (χ1v) is 13.5. The molecule has 6 rings (SSSR count). The van der Waals surface area contributed by atoms with E-state index < -0.39 is 0 Å². The number of nitrogens with zero attached hydrogens (tertiary/aromatic N) is 3. The highest BCUT2D eigenvalue weighted by atomic mass is 32.2. The molecule has 5 nitrogen and oxygen atoms in total. The molecule has 0 unspecified atom stereocenters. The monoisotopic (exact) mass is 526 g/mol. The van der Waals surface area contributed by atoms with E-state index in [9.17, 15) is 4.79 Å². The molecule has 0 saturated carbocycles. The number of aromatic nitrogens is 2. The Bertz CT molecular complexity index is 1720. The quantitative estimate of drug-likeness (QED) is 0.249. The number of aliphatic imine (C=N–C) groups is 1. The third kappa shape index (κ3) is 5.33. The summed E-state index contributed by atoms with van der Waals surface area (Å²) in [5.41, 5.74) is 9.34. The van der Waals surface area contributed by atoms with Gasteiger partial charge in [-0.15, -0.1) is 0 Å². The summed E-state index contributed by atoms with van der Waals surface area (Å²) in [4.78, 5) is 17.2. The summed E-state index contributed by atoms with van der Waals surface area (Å²) in [5, 5.41) is 8.06. The first kappa shape index (κ1) is 24.6. The summed E-state index contributed by atoms with van der Waals surface area (Å²) in [7, 11) is 0. The predicted molar refractivity (Wildman–Crippen MR) is 162 cm³/mol. The largest absolute Gasteiger partial charge is 0.339 e. The molecule has 0 radical (unpaired) electrons. The van der Waals surface area contributed by atoms with E-state index in [0.29, 0.717) is 5.84 Å². The van der Waals surface area contributed by atoms with Crippen molar-refractivity contribution in [2.45, 2.75) is 13.8 Å². The fourth-order valence-corrected chi connectivity index (χ4v) is 5.17. The minimum atomic E-state index is -0.221. The maximum absolute atomic E-state index is 12.2. The zero-order chi connectivity index (χ0) is 26.8. The topological polar surface area (TPSA) is 59.3 Å². The standard InChI is InChI=1S/C33H26N4OS/c1-22-13-16-27(19-23(22)2)34-32-31(39-33(38)35-32)20-24-14-17-28(18-15-24)37-30(26-11-7-4-8-12-26)21-29(36-37)25-9-5-3-6-10-25/h3-21H,1-2H3,(H,34,35,38)/b31-20-. The van der Waals surface area contributed by atoms with Crippen molar-refractivity contribution in [2.75, 3.05) is 5.32 Å². The number of amides is 1. The zero-order valence-electron chi connectivity index (χ0n) is 21.6. The summed E-state index contributed by atoms with van der Waals surface area (Å²) in [6.07, 6.45) is 1.99. The Morgan fingerprint density at radius 1 is 0.769 bits per heavy atom. The normalized spacial score (nSPS) is 14.1. The smallest absolute Gasteiger partial charge is 0.311 e. The van der Waals surface area contributed by atoms with Gasteiger partial charge in [-0.1, -0.05) is 78.9 Å². The van der Waals surface area contributed by atoms with Crippen LogP contribution in [0.15, 0.2) is 119 Å². The Morgan fingerprint density at radius 3 is 2.15 bits per heavy atom. The molecule has 1 N–H and O–H groups in total. The van der Waals surface area contributed by atoms with Gasteiger partial charge in [0.1, 0.15) is 5.84 Å². The lowest BCUT2D eigenvalue weighted by Crippen LogP contribution is -2.10. The van der Waals surface area contributed by atoms with Crippen molar-refractivity contribution in [1.29, 1.82) is 0 Å². The van der Waals surface area contributed by atoms with Crippen LogP contribution >= 0.6 is 11.8 Å². The molecule has 6 heteroatoms. The molecule has 0 atom stereocenters. The average Bonchev–Trinajstić information content (AvgIpc) is 3.56. The van der Waals surface area contributed by atoms with Crippen LogP contribution < -0.4 is 5.32 Å². The van der Waals surface area contributed by atoms with Crippen molar-refractivity contribution in [3.8, 4) is 28.2 Å². The van der Waals surface area contributed by atoms with Gasteiger partial charge in [0.15, 0.2) is 0 Å². The molecule has 1 aliphatic rings. The van der Waals surface area contributed by atoms with Crippen LogP contribution in [0.1, 0.15) is 16.7 Å². The van der Waals surface area contributed by atoms with Crippen molar-refractivity contribution >= 4 is 34.6 Å². The molecule has 4 aromatic carbocycles. The maximum atomic E-state index is 12.2. The van der Waals surface area contributed by atoms with Gasteiger partial charge in [-0.2, -0.15) is 10.1 Å². The van der Waals surface area contributed by atoms with Gasteiger partial charge >= 0.3 is 5.24 Å². The van der Waals surface area contributed by atoms with Gasteiger partial charge in [0.2, 0.25) is 0 Å². The molecular formula is C33H26N4OS. The molecule has 190 valence electrons. The number of benzene rings is 4. The van der Waals surface area contributed by atoms with Crippen molar-refractivity contribution in [2.24, 2.45) is 4.99 Å². The molecule has 1 aromatic heterocycles. The lowest BCUT2D eigenvalue weighted by atomic mass is 10.1. The molecule has 1 amide bonds. The molecule has 1 aliphatic heterocycles. The summed E-state index contributed by atoms with van der Waals surface area (Å²) >= 11 is 1.13. The average molecular weight is 527 g/mol. The van der Waals surface area contributed by atoms with Crippen molar-refractivity contribution in [1.82, 2.24) is 9.78 Å². The van der Waals surface area contributed by atoms with Gasteiger partial charge in [-0.25, -0.2) is 4.68 Å². The summed E-state index contributed by atoms with van der Waals surface area (Å²) < 4.78 is 1.98. The number of carbonyl (C=O) groups is 1. The van der Waals surface area contributed by atoms with Crippen LogP contribution in [0.25, 0.3) is 34.3 Å². The molecule has 0 aliphatic carbocycles. The number of nitrogens with one attached hydrogen (secondary N) is 1. The minimum absolute atomic E-state index is 0.221. The minimum Gasteiger partial charge on any atom is -0.339 e. The van der Waals surface area contributed by atoms with Gasteiger partial charge < -0.3 is 5.32 Å². The first-order chi connectivity index (χ1) is 19.0. The maximum Gasteiger partial charge on any atom is 0.311 e. The van der Waals surface area contributed by atoms with E-state index in [1.54, 1.807) is 0 Å². The van der Waals surface area contributed by atoms with Gasteiger partial charge in [0.05, 0.1) is 22.0 Å². The number of carbonyl (C=O) groups excluding carboxylic acids is 1. The Balaban J connectivity index is 1.31. The molecule has 0 fully saturated rings.